The van der Waals surface area contributed by atoms with Crippen LogP contribution in [-0.2, 0) is 14.8 Å². The van der Waals surface area contributed by atoms with E-state index in [1.165, 1.54) is 29.6 Å². The normalized spacial score (nSPS) is 15.2. The van der Waals surface area contributed by atoms with E-state index in [2.05, 4.69) is 5.32 Å². The number of nitrogens with zero attached hydrogens (tertiary/aromatic N) is 1. The molecule has 0 bridgehead atoms. The Morgan fingerprint density at radius 2 is 2.00 bits per heavy atom. The Morgan fingerprint density at radius 3 is 2.62 bits per heavy atom. The minimum atomic E-state index is -3.67. The molecule has 0 spiro atoms. The molecule has 1 aliphatic heterocycles. The third kappa shape index (κ3) is 5.55. The van der Waals surface area contributed by atoms with E-state index >= 15 is 0 Å². The highest BCUT2D eigenvalue weighted by atomic mass is 35.5. The van der Waals surface area contributed by atoms with E-state index < -0.39 is 10.0 Å². The van der Waals surface area contributed by atoms with E-state index in [-0.39, 0.29) is 28.8 Å². The van der Waals surface area contributed by atoms with Gasteiger partial charge in [0.05, 0.1) is 30.8 Å². The van der Waals surface area contributed by atoms with Crippen LogP contribution in [0.4, 0.5) is 0 Å². The van der Waals surface area contributed by atoms with Crippen LogP contribution in [0.5, 0.6) is 5.75 Å². The highest BCUT2D eigenvalue weighted by Crippen LogP contribution is 2.25. The molecule has 8 nitrogen and oxygen atoms in total. The molecule has 3 N–H and O–H groups in total. The molecule has 26 heavy (non-hydrogen) atoms. The number of sulfonamides is 1. The predicted molar refractivity (Wildman–Crippen MR) is 100 cm³/mol. The molecular weight excluding hydrogens is 382 g/mol. The number of carbonyl (C=O) groups excluding carboxylic acids is 1. The van der Waals surface area contributed by atoms with Gasteiger partial charge in [-0.2, -0.15) is 4.31 Å². The highest BCUT2D eigenvalue weighted by molar-refractivity contribution is 7.89. The standard InChI is InChI=1S/C16H25N3O5S.ClH/c1-23-15-5-4-13(25(21,22)19-8-10-24-11-9-19)12-14(15)16(20)18-7-3-2-6-17;/h4-5,12H,2-3,6-11,17H2,1H3,(H,18,20);1H. The van der Waals surface area contributed by atoms with Crippen molar-refractivity contribution in [2.75, 3.05) is 46.5 Å². The first-order valence-corrected chi connectivity index (χ1v) is 9.69. The molecule has 0 atom stereocenters. The molecule has 148 valence electrons. The van der Waals surface area contributed by atoms with Gasteiger partial charge < -0.3 is 20.5 Å². The molecule has 1 heterocycles. The molecule has 1 saturated heterocycles. The molecule has 1 aliphatic rings. The molecule has 1 amide bonds. The minimum Gasteiger partial charge on any atom is -0.496 e. The van der Waals surface area contributed by atoms with Gasteiger partial charge in [0.1, 0.15) is 5.75 Å². The summed E-state index contributed by atoms with van der Waals surface area (Å²) in [5.41, 5.74) is 5.63. The number of halogens is 1. The van der Waals surface area contributed by atoms with Gasteiger partial charge in [0.2, 0.25) is 10.0 Å². The van der Waals surface area contributed by atoms with Crippen LogP contribution in [0.1, 0.15) is 23.2 Å². The number of amides is 1. The van der Waals surface area contributed by atoms with Gasteiger partial charge in [0.15, 0.2) is 0 Å². The lowest BCUT2D eigenvalue weighted by Gasteiger charge is -2.26. The van der Waals surface area contributed by atoms with Crippen LogP contribution in [0, 0.1) is 0 Å². The summed E-state index contributed by atoms with van der Waals surface area (Å²) in [5, 5.41) is 2.76. The zero-order valence-corrected chi connectivity index (χ0v) is 16.4. The van der Waals surface area contributed by atoms with E-state index in [1.807, 2.05) is 0 Å². The van der Waals surface area contributed by atoms with Gasteiger partial charge in [-0.05, 0) is 37.6 Å². The molecule has 1 aromatic carbocycles. The van der Waals surface area contributed by atoms with Gasteiger partial charge in [-0.15, -0.1) is 12.4 Å². The van der Waals surface area contributed by atoms with E-state index in [9.17, 15) is 13.2 Å². The number of nitrogens with one attached hydrogen (secondary N) is 1. The first-order valence-electron chi connectivity index (χ1n) is 8.25. The van der Waals surface area contributed by atoms with Crippen molar-refractivity contribution < 1.29 is 22.7 Å². The van der Waals surface area contributed by atoms with Crippen molar-refractivity contribution in [2.24, 2.45) is 5.73 Å². The van der Waals surface area contributed by atoms with E-state index in [4.69, 9.17) is 15.2 Å². The van der Waals surface area contributed by atoms with Gasteiger partial charge in [-0.25, -0.2) is 8.42 Å². The molecular formula is C16H26ClN3O5S. The number of ether oxygens (including phenoxy) is 2. The first kappa shape index (κ1) is 22.7. The Labute approximate surface area is 160 Å². The van der Waals surface area contributed by atoms with Gasteiger partial charge in [-0.3, -0.25) is 4.79 Å². The number of carbonyl (C=O) groups is 1. The molecule has 0 aliphatic carbocycles. The Morgan fingerprint density at radius 1 is 1.31 bits per heavy atom. The summed E-state index contributed by atoms with van der Waals surface area (Å²) in [6, 6.07) is 4.32. The maximum absolute atomic E-state index is 12.7. The number of morpholine rings is 1. The van der Waals surface area contributed by atoms with Crippen molar-refractivity contribution in [1.82, 2.24) is 9.62 Å². The van der Waals surface area contributed by atoms with Gasteiger partial charge in [-0.1, -0.05) is 0 Å². The molecule has 1 aromatic rings. The fourth-order valence-corrected chi connectivity index (χ4v) is 3.96. The summed E-state index contributed by atoms with van der Waals surface area (Å²) in [4.78, 5) is 12.5. The fourth-order valence-electron chi connectivity index (χ4n) is 2.53. The molecule has 0 radical (unpaired) electrons. The van der Waals surface area contributed by atoms with Crippen LogP contribution in [0.25, 0.3) is 0 Å². The second kappa shape index (κ2) is 10.7. The number of methoxy groups -OCH3 is 1. The van der Waals surface area contributed by atoms with Crippen molar-refractivity contribution in [3.8, 4) is 5.75 Å². The van der Waals surface area contributed by atoms with Crippen LogP contribution in [0.3, 0.4) is 0 Å². The maximum Gasteiger partial charge on any atom is 0.255 e. The lowest BCUT2D eigenvalue weighted by Crippen LogP contribution is -2.40. The average Bonchev–Trinajstić information content (AvgIpc) is 2.65. The summed E-state index contributed by atoms with van der Waals surface area (Å²) in [6.45, 7) is 2.36. The van der Waals surface area contributed by atoms with E-state index in [0.29, 0.717) is 45.1 Å². The summed E-state index contributed by atoms with van der Waals surface area (Å²) in [5.74, 6) is -0.0369. The molecule has 0 saturated carbocycles. The molecule has 0 unspecified atom stereocenters. The number of unbranched alkanes of at least 4 members (excludes halogenated alkanes) is 1. The monoisotopic (exact) mass is 407 g/mol. The lowest BCUT2D eigenvalue weighted by atomic mass is 10.2. The summed E-state index contributed by atoms with van der Waals surface area (Å²) in [7, 11) is -2.23. The van der Waals surface area contributed by atoms with Crippen molar-refractivity contribution >= 4 is 28.3 Å². The first-order chi connectivity index (χ1) is 12.0. The van der Waals surface area contributed by atoms with Crippen LogP contribution in [-0.4, -0.2) is 65.1 Å². The molecule has 2 rings (SSSR count). The second-order valence-corrected chi connectivity index (χ2v) is 7.57. The maximum atomic E-state index is 12.7. The average molecular weight is 408 g/mol. The van der Waals surface area contributed by atoms with Crippen molar-refractivity contribution in [3.63, 3.8) is 0 Å². The van der Waals surface area contributed by atoms with Crippen molar-refractivity contribution in [1.29, 1.82) is 0 Å². The number of benzene rings is 1. The minimum absolute atomic E-state index is 0. The number of hydrogen-bond donors (Lipinski definition) is 2. The molecule has 10 heteroatoms. The lowest BCUT2D eigenvalue weighted by molar-refractivity contribution is 0.0730. The SMILES string of the molecule is COc1ccc(S(=O)(=O)N2CCOCC2)cc1C(=O)NCCCCN.Cl. The third-order valence-corrected chi connectivity index (χ3v) is 5.83. The topological polar surface area (TPSA) is 111 Å². The zero-order valence-electron chi connectivity index (χ0n) is 14.8. The van der Waals surface area contributed by atoms with Crippen molar-refractivity contribution in [3.05, 3.63) is 23.8 Å². The Bertz CT molecular complexity index is 693. The Hall–Kier alpha value is -1.39. The predicted octanol–water partition coefficient (Wildman–Crippen LogP) is 0.607. The summed E-state index contributed by atoms with van der Waals surface area (Å²) in [6.07, 6.45) is 1.57. The van der Waals surface area contributed by atoms with Crippen LogP contribution < -0.4 is 15.8 Å². The number of rotatable bonds is 8. The van der Waals surface area contributed by atoms with Gasteiger partial charge >= 0.3 is 0 Å². The fraction of sp³-hybridized carbons (Fsp3) is 0.562. The quantitative estimate of drug-likeness (QED) is 0.610. The number of hydrogen-bond acceptors (Lipinski definition) is 6. The zero-order chi connectivity index (χ0) is 18.3. The van der Waals surface area contributed by atoms with Crippen molar-refractivity contribution in [2.45, 2.75) is 17.7 Å². The van der Waals surface area contributed by atoms with E-state index in [0.717, 1.165) is 12.8 Å². The van der Waals surface area contributed by atoms with Crippen LogP contribution >= 0.6 is 12.4 Å². The molecule has 1 fully saturated rings. The smallest absolute Gasteiger partial charge is 0.255 e. The summed E-state index contributed by atoms with van der Waals surface area (Å²) >= 11 is 0. The van der Waals surface area contributed by atoms with Crippen LogP contribution in [0.15, 0.2) is 23.1 Å². The highest BCUT2D eigenvalue weighted by Gasteiger charge is 2.27. The van der Waals surface area contributed by atoms with E-state index in [1.54, 1.807) is 0 Å². The third-order valence-electron chi connectivity index (χ3n) is 3.94. The largest absolute Gasteiger partial charge is 0.496 e. The Balaban J connectivity index is 0.00000338. The second-order valence-electron chi connectivity index (χ2n) is 5.63. The Kier molecular flexibility index (Phi) is 9.31. The van der Waals surface area contributed by atoms with Crippen LogP contribution in [0.2, 0.25) is 0 Å². The van der Waals surface area contributed by atoms with Gasteiger partial charge in [0, 0.05) is 19.6 Å². The number of nitrogens with two attached hydrogens (primary N) is 1. The summed E-state index contributed by atoms with van der Waals surface area (Å²) < 4.78 is 37.2. The molecule has 0 aromatic heterocycles. The van der Waals surface area contributed by atoms with Gasteiger partial charge in [0.25, 0.3) is 5.91 Å².